The number of piperidine rings is 1. The summed E-state index contributed by atoms with van der Waals surface area (Å²) in [7, 11) is 2.99. The Balaban J connectivity index is 1.70. The van der Waals surface area contributed by atoms with Crippen LogP contribution in [-0.2, 0) is 38.1 Å². The number of carbonyl (C=O) groups excluding carboxylic acids is 4. The zero-order valence-corrected chi connectivity index (χ0v) is 40.3. The molecule has 16 unspecified atom stereocenters. The van der Waals surface area contributed by atoms with Crippen LogP contribution in [0.3, 0.4) is 0 Å². The van der Waals surface area contributed by atoms with Crippen molar-refractivity contribution in [3.05, 3.63) is 47.6 Å². The zero-order chi connectivity index (χ0) is 47.5. The first-order valence-corrected chi connectivity index (χ1v) is 24.0. The SMILES string of the molecule is COC1CC2CCC(C)C(O)(O2)C(O)C(=O)N2CCCCC2C(=O)OC(C(C)CC2CCC(O)C(C)C2)CC(=O)C(C)/C=C(\C)C(O)C(OC)C(=O)C(C)CC(C)/C=C/C=CC=C1C. The Labute approximate surface area is 382 Å². The van der Waals surface area contributed by atoms with Gasteiger partial charge in [-0.2, -0.15) is 0 Å². The maximum Gasteiger partial charge on any atom is 0.329 e. The van der Waals surface area contributed by atoms with Crippen molar-refractivity contribution in [1.82, 2.24) is 4.90 Å². The Morgan fingerprint density at radius 1 is 0.859 bits per heavy atom. The van der Waals surface area contributed by atoms with E-state index < -0.39 is 72.0 Å². The maximum absolute atomic E-state index is 14.4. The fourth-order valence-electron chi connectivity index (χ4n) is 10.3. The molecule has 0 radical (unpaired) electrons. The van der Waals surface area contributed by atoms with E-state index >= 15 is 0 Å². The second kappa shape index (κ2) is 24.6. The molecule has 3 aliphatic heterocycles. The first-order valence-electron chi connectivity index (χ1n) is 24.0. The lowest BCUT2D eigenvalue weighted by molar-refractivity contribution is -0.317. The van der Waals surface area contributed by atoms with Crippen molar-refractivity contribution in [3.63, 3.8) is 0 Å². The lowest BCUT2D eigenvalue weighted by atomic mass is 9.75. The fraction of sp³-hybridized carbons (Fsp3) is 0.765. The normalized spacial score (nSPS) is 40.7. The number of aliphatic hydroxyl groups excluding tert-OH is 3. The van der Waals surface area contributed by atoms with Crippen LogP contribution in [-0.4, -0.2) is 124 Å². The highest BCUT2D eigenvalue weighted by atomic mass is 16.6. The molecule has 16 atom stereocenters. The van der Waals surface area contributed by atoms with E-state index in [1.807, 2.05) is 65.0 Å². The van der Waals surface area contributed by atoms with Crippen LogP contribution >= 0.6 is 0 Å². The third-order valence-corrected chi connectivity index (χ3v) is 14.7. The molecule has 4 rings (SSSR count). The molecule has 0 aromatic rings. The second-order valence-corrected chi connectivity index (χ2v) is 20.0. The smallest absolute Gasteiger partial charge is 0.329 e. The summed E-state index contributed by atoms with van der Waals surface area (Å²) >= 11 is 0. The number of hydrogen-bond acceptors (Lipinski definition) is 12. The molecule has 2 bridgehead atoms. The lowest BCUT2D eigenvalue weighted by Gasteiger charge is -2.46. The maximum atomic E-state index is 14.4. The van der Waals surface area contributed by atoms with E-state index in [4.69, 9.17) is 18.9 Å². The molecule has 362 valence electrons. The summed E-state index contributed by atoms with van der Waals surface area (Å²) in [5.74, 6) is -5.81. The zero-order valence-electron chi connectivity index (χ0n) is 40.3. The van der Waals surface area contributed by atoms with Crippen molar-refractivity contribution in [3.8, 4) is 0 Å². The molecule has 2 saturated heterocycles. The van der Waals surface area contributed by atoms with Crippen molar-refractivity contribution in [2.75, 3.05) is 20.8 Å². The molecule has 13 nitrogen and oxygen atoms in total. The fourth-order valence-corrected chi connectivity index (χ4v) is 10.3. The number of methoxy groups -OCH3 is 2. The minimum absolute atomic E-state index is 0.0329. The largest absolute Gasteiger partial charge is 0.460 e. The summed E-state index contributed by atoms with van der Waals surface area (Å²) < 4.78 is 24.0. The van der Waals surface area contributed by atoms with Crippen molar-refractivity contribution < 1.29 is 58.6 Å². The van der Waals surface area contributed by atoms with Gasteiger partial charge in [0.15, 0.2) is 11.9 Å². The average Bonchev–Trinajstić information content (AvgIpc) is 3.26. The molecule has 13 heteroatoms. The van der Waals surface area contributed by atoms with Gasteiger partial charge in [-0.15, -0.1) is 0 Å². The first-order chi connectivity index (χ1) is 30.2. The molecule has 0 spiro atoms. The number of esters is 1. The van der Waals surface area contributed by atoms with Crippen LogP contribution in [0.15, 0.2) is 47.6 Å². The highest BCUT2D eigenvalue weighted by Gasteiger charge is 2.53. The number of amides is 1. The van der Waals surface area contributed by atoms with E-state index in [1.54, 1.807) is 34.0 Å². The Morgan fingerprint density at radius 2 is 1.58 bits per heavy atom. The number of Topliss-reactive ketones (excluding diaryl/α,β-unsaturated/α-hetero) is 2. The van der Waals surface area contributed by atoms with Gasteiger partial charge >= 0.3 is 5.97 Å². The van der Waals surface area contributed by atoms with Gasteiger partial charge in [-0.3, -0.25) is 14.4 Å². The summed E-state index contributed by atoms with van der Waals surface area (Å²) in [6.07, 6.45) is 10.9. The predicted molar refractivity (Wildman–Crippen MR) is 245 cm³/mol. The summed E-state index contributed by atoms with van der Waals surface area (Å²) in [6, 6.07) is -1.06. The topological polar surface area (TPSA) is 189 Å². The Kier molecular flexibility index (Phi) is 20.6. The number of rotatable bonds is 5. The third-order valence-electron chi connectivity index (χ3n) is 14.7. The van der Waals surface area contributed by atoms with E-state index in [-0.39, 0.29) is 66.8 Å². The molecule has 3 fully saturated rings. The molecule has 4 aliphatic rings. The van der Waals surface area contributed by atoms with E-state index in [0.29, 0.717) is 56.9 Å². The molecule has 1 amide bonds. The molecule has 0 aromatic carbocycles. The number of carbonyl (C=O) groups is 4. The standard InChI is InChI=1S/C51H81NO12/c1-30-16-12-11-13-17-31(2)43(61-9)28-39-21-19-37(8)51(60,64-39)48(57)49(58)52-23-15-14-18-40(52)50(59)63-44(34(5)27-38-20-22-41(53)33(4)26-38)29-42(54)32(3)25-36(7)46(56)47(62-10)45(55)35(6)24-30/h11-13,16-17,25,30,32-35,37-41,43-44,46-48,53,56-57,60H,14-15,18-24,26-29H2,1-10H3/b13-11?,16-12+,31-17?,36-25+. The van der Waals surface area contributed by atoms with Gasteiger partial charge in [-0.1, -0.05) is 78.0 Å². The van der Waals surface area contributed by atoms with E-state index in [1.165, 1.54) is 12.0 Å². The monoisotopic (exact) mass is 900 g/mol. The van der Waals surface area contributed by atoms with Crippen molar-refractivity contribution in [2.45, 2.75) is 187 Å². The Morgan fingerprint density at radius 3 is 2.25 bits per heavy atom. The van der Waals surface area contributed by atoms with Gasteiger partial charge in [0.05, 0.1) is 18.3 Å². The molecular formula is C51H81NO12. The number of hydrogen-bond donors (Lipinski definition) is 4. The molecule has 4 N–H and O–H groups in total. The van der Waals surface area contributed by atoms with Gasteiger partial charge in [-0.05, 0) is 113 Å². The number of cyclic esters (lactones) is 1. The minimum atomic E-state index is -2.22. The van der Waals surface area contributed by atoms with Crippen LogP contribution in [0.5, 0.6) is 0 Å². The van der Waals surface area contributed by atoms with Gasteiger partial charge in [0.1, 0.15) is 30.1 Å². The van der Waals surface area contributed by atoms with E-state index in [0.717, 1.165) is 18.4 Å². The Hall–Kier alpha value is -3.04. The van der Waals surface area contributed by atoms with Crippen LogP contribution in [0.25, 0.3) is 0 Å². The van der Waals surface area contributed by atoms with Crippen LogP contribution in [0.2, 0.25) is 0 Å². The van der Waals surface area contributed by atoms with E-state index in [9.17, 15) is 39.6 Å². The van der Waals surface area contributed by atoms with Gasteiger partial charge in [0.25, 0.3) is 5.91 Å². The van der Waals surface area contributed by atoms with E-state index in [2.05, 4.69) is 0 Å². The molecule has 1 aliphatic carbocycles. The van der Waals surface area contributed by atoms with Gasteiger partial charge in [0.2, 0.25) is 5.79 Å². The predicted octanol–water partition coefficient (Wildman–Crippen LogP) is 6.59. The lowest BCUT2D eigenvalue weighted by Crippen LogP contribution is -2.63. The number of allylic oxidation sites excluding steroid dienone is 6. The highest BCUT2D eigenvalue weighted by Crippen LogP contribution is 2.39. The third kappa shape index (κ3) is 14.0. The molecular weight excluding hydrogens is 819 g/mol. The quantitative estimate of drug-likeness (QED) is 0.171. The summed E-state index contributed by atoms with van der Waals surface area (Å²) in [5.41, 5.74) is 1.31. The molecule has 1 saturated carbocycles. The van der Waals surface area contributed by atoms with Gasteiger partial charge < -0.3 is 44.3 Å². The molecule has 3 heterocycles. The molecule has 64 heavy (non-hydrogen) atoms. The van der Waals surface area contributed by atoms with Crippen molar-refractivity contribution >= 4 is 23.4 Å². The number of ether oxygens (including phenoxy) is 4. The summed E-state index contributed by atoms with van der Waals surface area (Å²) in [5, 5.41) is 45.6. The number of ketones is 2. The average molecular weight is 900 g/mol. The first kappa shape index (κ1) is 53.6. The minimum Gasteiger partial charge on any atom is -0.460 e. The van der Waals surface area contributed by atoms with Crippen LogP contribution < -0.4 is 0 Å². The summed E-state index contributed by atoms with van der Waals surface area (Å²) in [6.45, 7) is 15.0. The van der Waals surface area contributed by atoms with Crippen LogP contribution in [0, 0.1) is 41.4 Å². The summed E-state index contributed by atoms with van der Waals surface area (Å²) in [4.78, 5) is 57.8. The second-order valence-electron chi connectivity index (χ2n) is 20.0. The van der Waals surface area contributed by atoms with Gasteiger partial charge in [0, 0.05) is 51.4 Å². The van der Waals surface area contributed by atoms with Gasteiger partial charge in [-0.25, -0.2) is 4.79 Å². The van der Waals surface area contributed by atoms with Crippen LogP contribution in [0.1, 0.15) is 132 Å². The highest BCUT2D eigenvalue weighted by molar-refractivity contribution is 5.89. The Bertz CT molecular complexity index is 1690. The number of aliphatic hydroxyl groups is 4. The number of nitrogens with zero attached hydrogens (tertiary/aromatic N) is 1. The van der Waals surface area contributed by atoms with Crippen LogP contribution in [0.4, 0.5) is 0 Å². The number of fused-ring (bicyclic) bond motifs is 3. The molecule has 0 aromatic heterocycles. The van der Waals surface area contributed by atoms with Crippen molar-refractivity contribution in [1.29, 1.82) is 0 Å². The van der Waals surface area contributed by atoms with Crippen molar-refractivity contribution in [2.24, 2.45) is 41.4 Å².